The minimum atomic E-state index is -0.356. The zero-order chi connectivity index (χ0) is 25.5. The number of anilines is 2. The van der Waals surface area contributed by atoms with Gasteiger partial charge in [-0.15, -0.1) is 0 Å². The van der Waals surface area contributed by atoms with Gasteiger partial charge in [-0.3, -0.25) is 9.69 Å². The lowest BCUT2D eigenvalue weighted by atomic mass is 9.97. The average molecular weight is 531 g/mol. The van der Waals surface area contributed by atoms with Gasteiger partial charge in [0, 0.05) is 17.3 Å². The fraction of sp³-hybridized carbons (Fsp3) is 0.172. The molecule has 3 aromatic carbocycles. The number of carbonyl (C=O) groups excluding carboxylic acids is 2. The van der Waals surface area contributed by atoms with Crippen molar-refractivity contribution in [2.75, 3.05) is 16.8 Å². The number of carbonyl (C=O) groups is 2. The number of nitrogens with zero attached hydrogens (tertiary/aromatic N) is 3. The van der Waals surface area contributed by atoms with Gasteiger partial charge in [0.1, 0.15) is 12.6 Å². The smallest absolute Gasteiger partial charge is 0.316 e. The van der Waals surface area contributed by atoms with Gasteiger partial charge in [0.25, 0.3) is 0 Å². The van der Waals surface area contributed by atoms with Gasteiger partial charge in [0.2, 0.25) is 5.91 Å². The first-order valence-electron chi connectivity index (χ1n) is 12.2. The first kappa shape index (κ1) is 23.6. The SMILES string of the molecule is O=C(Nc1ccc(Cl)cc1Cl)N(CC(=O)N1c2ccccc2-n2cccc2C1c1ccccc1)C1CC1. The van der Waals surface area contributed by atoms with E-state index in [2.05, 4.69) is 9.88 Å². The van der Waals surface area contributed by atoms with Gasteiger partial charge < -0.3 is 14.8 Å². The highest BCUT2D eigenvalue weighted by Crippen LogP contribution is 2.42. The van der Waals surface area contributed by atoms with Crippen molar-refractivity contribution < 1.29 is 9.59 Å². The Hall–Kier alpha value is -3.74. The monoisotopic (exact) mass is 530 g/mol. The largest absolute Gasteiger partial charge is 0.322 e. The van der Waals surface area contributed by atoms with Crippen LogP contribution < -0.4 is 10.2 Å². The third kappa shape index (κ3) is 4.47. The molecule has 4 aromatic rings. The van der Waals surface area contributed by atoms with E-state index in [0.717, 1.165) is 35.5 Å². The molecule has 2 heterocycles. The van der Waals surface area contributed by atoms with Gasteiger partial charge in [0.15, 0.2) is 0 Å². The molecule has 0 spiro atoms. The summed E-state index contributed by atoms with van der Waals surface area (Å²) in [5, 5.41) is 3.69. The minimum Gasteiger partial charge on any atom is -0.316 e. The molecular formula is C29H24Cl2N4O2. The Bertz CT molecular complexity index is 1480. The van der Waals surface area contributed by atoms with E-state index in [9.17, 15) is 9.59 Å². The van der Waals surface area contributed by atoms with E-state index in [0.29, 0.717) is 15.7 Å². The van der Waals surface area contributed by atoms with E-state index < -0.39 is 0 Å². The Kier molecular flexibility index (Phi) is 6.14. The van der Waals surface area contributed by atoms with Gasteiger partial charge in [-0.1, -0.05) is 65.7 Å². The van der Waals surface area contributed by atoms with Crippen molar-refractivity contribution >= 4 is 46.5 Å². The molecule has 8 heteroatoms. The number of nitrogens with one attached hydrogen (secondary N) is 1. The first-order chi connectivity index (χ1) is 18.0. The van der Waals surface area contributed by atoms with Crippen molar-refractivity contribution in [3.8, 4) is 5.69 Å². The molecule has 1 fully saturated rings. The second kappa shape index (κ2) is 9.61. The Labute approximate surface area is 225 Å². The van der Waals surface area contributed by atoms with E-state index in [1.54, 1.807) is 23.1 Å². The van der Waals surface area contributed by atoms with Crippen LogP contribution in [-0.4, -0.2) is 34.0 Å². The number of hydrogen-bond acceptors (Lipinski definition) is 2. The summed E-state index contributed by atoms with van der Waals surface area (Å²) in [6.45, 7) is -0.0555. The van der Waals surface area contributed by atoms with E-state index in [4.69, 9.17) is 23.2 Å². The number of halogens is 2. The molecule has 1 aliphatic carbocycles. The molecule has 1 aromatic heterocycles. The van der Waals surface area contributed by atoms with Crippen LogP contribution >= 0.6 is 23.2 Å². The van der Waals surface area contributed by atoms with Crippen molar-refractivity contribution in [3.63, 3.8) is 0 Å². The second-order valence-corrected chi connectivity index (χ2v) is 10.1. The highest BCUT2D eigenvalue weighted by atomic mass is 35.5. The third-order valence-electron chi connectivity index (χ3n) is 6.83. The fourth-order valence-electron chi connectivity index (χ4n) is 4.97. The molecule has 186 valence electrons. The van der Waals surface area contributed by atoms with Crippen LogP contribution in [0.5, 0.6) is 0 Å². The van der Waals surface area contributed by atoms with Crippen LogP contribution in [0.3, 0.4) is 0 Å². The lowest BCUT2D eigenvalue weighted by Gasteiger charge is -2.39. The summed E-state index contributed by atoms with van der Waals surface area (Å²) in [6.07, 6.45) is 3.74. The van der Waals surface area contributed by atoms with Gasteiger partial charge >= 0.3 is 6.03 Å². The lowest BCUT2D eigenvalue weighted by molar-refractivity contribution is -0.119. The Morgan fingerprint density at radius 2 is 1.62 bits per heavy atom. The van der Waals surface area contributed by atoms with E-state index in [1.165, 1.54) is 0 Å². The number of urea groups is 1. The molecule has 1 N–H and O–H groups in total. The maximum absolute atomic E-state index is 14.1. The van der Waals surface area contributed by atoms with Gasteiger partial charge in [-0.2, -0.15) is 0 Å². The maximum Gasteiger partial charge on any atom is 0.322 e. The van der Waals surface area contributed by atoms with Crippen molar-refractivity contribution in [2.45, 2.75) is 24.9 Å². The second-order valence-electron chi connectivity index (χ2n) is 9.28. The summed E-state index contributed by atoms with van der Waals surface area (Å²) < 4.78 is 2.13. The normalized spacial score (nSPS) is 16.1. The van der Waals surface area contributed by atoms with Crippen LogP contribution in [0.15, 0.2) is 91.1 Å². The summed E-state index contributed by atoms with van der Waals surface area (Å²) in [4.78, 5) is 30.9. The van der Waals surface area contributed by atoms with E-state index in [-0.39, 0.29) is 30.6 Å². The molecule has 6 rings (SSSR count). The molecular weight excluding hydrogens is 507 g/mol. The van der Waals surface area contributed by atoms with Crippen molar-refractivity contribution in [2.24, 2.45) is 0 Å². The molecule has 2 aliphatic rings. The summed E-state index contributed by atoms with van der Waals surface area (Å²) in [5.74, 6) is -0.155. The first-order valence-corrected chi connectivity index (χ1v) is 12.9. The van der Waals surface area contributed by atoms with Crippen LogP contribution in [0, 0.1) is 0 Å². The molecule has 1 aliphatic heterocycles. The van der Waals surface area contributed by atoms with Crippen molar-refractivity contribution in [1.29, 1.82) is 0 Å². The molecule has 37 heavy (non-hydrogen) atoms. The topological polar surface area (TPSA) is 57.6 Å². The zero-order valence-corrected chi connectivity index (χ0v) is 21.4. The standard InChI is InChI=1S/C29H24Cl2N4O2/c30-20-12-15-23(22(31)17-20)32-29(37)34(21-13-14-21)18-27(36)35-25-10-5-4-9-24(25)33-16-6-11-26(33)28(35)19-7-2-1-3-8-19/h1-12,15-17,21,28H,13-14,18H2,(H,32,37). The van der Waals surface area contributed by atoms with E-state index >= 15 is 0 Å². The number of benzene rings is 3. The van der Waals surface area contributed by atoms with Crippen LogP contribution in [0.4, 0.5) is 16.2 Å². The molecule has 6 nitrogen and oxygen atoms in total. The highest BCUT2D eigenvalue weighted by molar-refractivity contribution is 6.36. The summed E-state index contributed by atoms with van der Waals surface area (Å²) in [5.41, 5.74) is 4.19. The Balaban J connectivity index is 1.35. The predicted molar refractivity (Wildman–Crippen MR) is 147 cm³/mol. The molecule has 1 atom stereocenters. The van der Waals surface area contributed by atoms with Crippen molar-refractivity contribution in [3.05, 3.63) is 112 Å². The minimum absolute atomic E-state index is 0.00842. The number of para-hydroxylation sites is 2. The van der Waals surface area contributed by atoms with E-state index in [1.807, 2.05) is 77.8 Å². The van der Waals surface area contributed by atoms with Crippen LogP contribution in [0.25, 0.3) is 5.69 Å². The molecule has 0 saturated heterocycles. The number of rotatable bonds is 5. The quantitative estimate of drug-likeness (QED) is 0.304. The van der Waals surface area contributed by atoms with Gasteiger partial charge in [-0.25, -0.2) is 4.79 Å². The van der Waals surface area contributed by atoms with Crippen LogP contribution in [0.1, 0.15) is 30.1 Å². The average Bonchev–Trinajstić information content (AvgIpc) is 3.63. The van der Waals surface area contributed by atoms with Crippen LogP contribution in [-0.2, 0) is 4.79 Å². The third-order valence-corrected chi connectivity index (χ3v) is 7.38. The molecule has 0 radical (unpaired) electrons. The summed E-state index contributed by atoms with van der Waals surface area (Å²) in [7, 11) is 0. The highest BCUT2D eigenvalue weighted by Gasteiger charge is 2.40. The molecule has 1 saturated carbocycles. The summed E-state index contributed by atoms with van der Waals surface area (Å²) >= 11 is 12.3. The lowest BCUT2D eigenvalue weighted by Crippen LogP contribution is -2.48. The fourth-order valence-corrected chi connectivity index (χ4v) is 5.42. The zero-order valence-electron chi connectivity index (χ0n) is 19.9. The number of amides is 3. The number of fused-ring (bicyclic) bond motifs is 3. The van der Waals surface area contributed by atoms with Crippen molar-refractivity contribution in [1.82, 2.24) is 9.47 Å². The predicted octanol–water partition coefficient (Wildman–Crippen LogP) is 6.92. The molecule has 3 amide bonds. The number of aromatic nitrogens is 1. The molecule has 1 unspecified atom stereocenters. The van der Waals surface area contributed by atoms with Gasteiger partial charge in [-0.05, 0) is 60.9 Å². The number of hydrogen-bond donors (Lipinski definition) is 1. The maximum atomic E-state index is 14.1. The Morgan fingerprint density at radius 1 is 0.892 bits per heavy atom. The summed E-state index contributed by atoms with van der Waals surface area (Å²) in [6, 6.07) is 26.1. The Morgan fingerprint density at radius 3 is 2.35 bits per heavy atom. The van der Waals surface area contributed by atoms with Gasteiger partial charge in [0.05, 0.1) is 27.8 Å². The molecule has 0 bridgehead atoms. The van der Waals surface area contributed by atoms with Crippen LogP contribution in [0.2, 0.25) is 10.0 Å².